The molecule has 0 bridgehead atoms. The van der Waals surface area contributed by atoms with Crippen LogP contribution >= 0.6 is 11.3 Å². The third-order valence-corrected chi connectivity index (χ3v) is 8.20. The largest absolute Gasteiger partial charge is 0.463 e. The number of hydrogen-bond acceptors (Lipinski definition) is 8. The van der Waals surface area contributed by atoms with E-state index in [1.165, 1.54) is 11.3 Å². The number of rotatable bonds is 7. The molecule has 0 amide bonds. The third kappa shape index (κ3) is 5.23. The van der Waals surface area contributed by atoms with Crippen molar-refractivity contribution in [2.45, 2.75) is 26.8 Å². The molecule has 0 saturated heterocycles. The highest BCUT2D eigenvalue weighted by Crippen LogP contribution is 2.35. The molecule has 0 N–H and O–H groups in total. The fourth-order valence-electron chi connectivity index (χ4n) is 5.27. The number of thiazole rings is 1. The Morgan fingerprint density at radius 3 is 2.42 bits per heavy atom. The summed E-state index contributed by atoms with van der Waals surface area (Å²) in [5, 5.41) is 1.93. The Kier molecular flexibility index (Phi) is 7.65. The summed E-state index contributed by atoms with van der Waals surface area (Å²) in [6.07, 6.45) is 1.68. The van der Waals surface area contributed by atoms with Crippen LogP contribution in [0, 0.1) is 0 Å². The van der Waals surface area contributed by atoms with Gasteiger partial charge in [-0.2, -0.15) is 0 Å². The van der Waals surface area contributed by atoms with Gasteiger partial charge in [0.2, 0.25) is 0 Å². The lowest BCUT2D eigenvalue weighted by Gasteiger charge is -2.25. The first-order valence-corrected chi connectivity index (χ1v) is 14.8. The van der Waals surface area contributed by atoms with Crippen molar-refractivity contribution in [1.29, 1.82) is 0 Å². The van der Waals surface area contributed by atoms with Gasteiger partial charge in [-0.05, 0) is 61.4 Å². The topological polar surface area (TPSA) is 100 Å². The quantitative estimate of drug-likeness (QED) is 0.235. The normalized spacial score (nSPS) is 14.9. The van der Waals surface area contributed by atoms with E-state index in [-0.39, 0.29) is 18.1 Å². The summed E-state index contributed by atoms with van der Waals surface area (Å²) in [4.78, 5) is 44.4. The van der Waals surface area contributed by atoms with Crippen LogP contribution in [0.25, 0.3) is 28.2 Å². The van der Waals surface area contributed by atoms with Crippen LogP contribution in [0.1, 0.15) is 48.5 Å². The minimum atomic E-state index is -0.714. The van der Waals surface area contributed by atoms with E-state index >= 15 is 0 Å². The zero-order chi connectivity index (χ0) is 30.1. The van der Waals surface area contributed by atoms with Crippen molar-refractivity contribution in [3.8, 4) is 11.3 Å². The molecule has 3 aromatic carbocycles. The predicted molar refractivity (Wildman–Crippen MR) is 164 cm³/mol. The first-order chi connectivity index (χ1) is 20.9. The van der Waals surface area contributed by atoms with E-state index in [2.05, 4.69) is 4.99 Å². The van der Waals surface area contributed by atoms with Crippen molar-refractivity contribution >= 4 is 40.1 Å². The highest BCUT2D eigenvalue weighted by atomic mass is 32.1. The van der Waals surface area contributed by atoms with Crippen molar-refractivity contribution in [3.05, 3.63) is 127 Å². The molecule has 0 aliphatic carbocycles. The minimum Gasteiger partial charge on any atom is -0.463 e. The molecule has 0 unspecified atom stereocenters. The fourth-order valence-corrected chi connectivity index (χ4v) is 6.30. The standard InChI is InChI=1S/C34H28N2O6S/c1-4-40-32(38)23-15-13-22(14-16-23)27-18-17-24(42-27)19-28-31(37)36-30(26-12-8-10-21-9-6-7-11-25(21)26)29(33(39)41-5-2)20(3)35-34(36)43-28/h6-19,30H,4-5H2,1-3H3/b28-19-/t30-/m1/s1. The molecule has 0 fully saturated rings. The van der Waals surface area contributed by atoms with Crippen LogP contribution in [0.2, 0.25) is 0 Å². The van der Waals surface area contributed by atoms with Gasteiger partial charge in [0.05, 0.1) is 40.6 Å². The van der Waals surface area contributed by atoms with Crippen molar-refractivity contribution in [2.75, 3.05) is 13.2 Å². The van der Waals surface area contributed by atoms with Crippen molar-refractivity contribution in [1.82, 2.24) is 4.57 Å². The van der Waals surface area contributed by atoms with Crippen molar-refractivity contribution in [3.63, 3.8) is 0 Å². The van der Waals surface area contributed by atoms with Crippen LogP contribution in [0.4, 0.5) is 0 Å². The monoisotopic (exact) mass is 592 g/mol. The van der Waals surface area contributed by atoms with Gasteiger partial charge in [-0.15, -0.1) is 0 Å². The first kappa shape index (κ1) is 28.1. The number of fused-ring (bicyclic) bond motifs is 2. The average molecular weight is 593 g/mol. The number of ether oxygens (including phenoxy) is 2. The number of aromatic nitrogens is 1. The van der Waals surface area contributed by atoms with Gasteiger partial charge in [-0.25, -0.2) is 14.6 Å². The molecule has 9 heteroatoms. The summed E-state index contributed by atoms with van der Waals surface area (Å²) in [5.41, 5.74) is 2.61. The number of furan rings is 1. The summed E-state index contributed by atoms with van der Waals surface area (Å²) >= 11 is 1.24. The zero-order valence-corrected chi connectivity index (χ0v) is 24.6. The van der Waals surface area contributed by atoms with E-state index < -0.39 is 12.0 Å². The van der Waals surface area contributed by atoms with Crippen LogP contribution in [0.15, 0.2) is 104 Å². The Morgan fingerprint density at radius 1 is 0.930 bits per heavy atom. The smallest absolute Gasteiger partial charge is 0.338 e. The number of benzene rings is 3. The minimum absolute atomic E-state index is 0.203. The lowest BCUT2D eigenvalue weighted by atomic mass is 9.91. The van der Waals surface area contributed by atoms with E-state index in [1.807, 2.05) is 48.5 Å². The van der Waals surface area contributed by atoms with Gasteiger partial charge in [-0.3, -0.25) is 9.36 Å². The maximum absolute atomic E-state index is 14.0. The second kappa shape index (κ2) is 11.7. The number of carbonyl (C=O) groups is 2. The molecular formula is C34H28N2O6S. The van der Waals surface area contributed by atoms with Gasteiger partial charge >= 0.3 is 11.9 Å². The number of allylic oxidation sites excluding steroid dienone is 1. The summed E-state index contributed by atoms with van der Waals surface area (Å²) in [6, 6.07) is 23.6. The van der Waals surface area contributed by atoms with Gasteiger partial charge < -0.3 is 13.9 Å². The molecule has 8 nitrogen and oxygen atoms in total. The maximum atomic E-state index is 14.0. The van der Waals surface area contributed by atoms with E-state index in [4.69, 9.17) is 13.9 Å². The lowest BCUT2D eigenvalue weighted by molar-refractivity contribution is -0.139. The molecule has 6 rings (SSSR count). The van der Waals surface area contributed by atoms with Gasteiger partial charge in [0.25, 0.3) is 5.56 Å². The van der Waals surface area contributed by atoms with Crippen LogP contribution in [-0.4, -0.2) is 29.7 Å². The second-order valence-electron chi connectivity index (χ2n) is 9.87. The van der Waals surface area contributed by atoms with Crippen LogP contribution < -0.4 is 14.9 Å². The molecule has 1 aliphatic heterocycles. The molecule has 216 valence electrons. The molecule has 2 aromatic heterocycles. The van der Waals surface area contributed by atoms with Crippen molar-refractivity contribution in [2.24, 2.45) is 4.99 Å². The Labute approximate surface area is 250 Å². The van der Waals surface area contributed by atoms with E-state index in [9.17, 15) is 14.4 Å². The predicted octanol–water partition coefficient (Wildman–Crippen LogP) is 5.39. The fraction of sp³-hybridized carbons (Fsp3) is 0.176. The number of esters is 2. The molecule has 5 aromatic rings. The molecule has 1 atom stereocenters. The van der Waals surface area contributed by atoms with E-state index in [1.54, 1.807) is 61.7 Å². The third-order valence-electron chi connectivity index (χ3n) is 7.22. The highest BCUT2D eigenvalue weighted by molar-refractivity contribution is 7.07. The Balaban J connectivity index is 1.44. The first-order valence-electron chi connectivity index (χ1n) is 13.9. The van der Waals surface area contributed by atoms with Gasteiger partial charge in [0, 0.05) is 11.6 Å². The molecular weight excluding hydrogens is 564 g/mol. The summed E-state index contributed by atoms with van der Waals surface area (Å²) < 4.78 is 18.5. The number of carbonyl (C=O) groups excluding carboxylic acids is 2. The van der Waals surface area contributed by atoms with E-state index in [0.29, 0.717) is 44.3 Å². The summed E-state index contributed by atoms with van der Waals surface area (Å²) in [6.45, 7) is 5.79. The lowest BCUT2D eigenvalue weighted by Crippen LogP contribution is -2.40. The molecule has 3 heterocycles. The Hall–Kier alpha value is -5.02. The van der Waals surface area contributed by atoms with Gasteiger partial charge in [0.15, 0.2) is 4.80 Å². The zero-order valence-electron chi connectivity index (χ0n) is 23.8. The molecule has 43 heavy (non-hydrogen) atoms. The highest BCUT2D eigenvalue weighted by Gasteiger charge is 2.34. The Bertz CT molecular complexity index is 2080. The average Bonchev–Trinajstić information content (AvgIpc) is 3.60. The molecule has 0 saturated carbocycles. The number of hydrogen-bond donors (Lipinski definition) is 0. The summed E-state index contributed by atoms with van der Waals surface area (Å²) in [5.74, 6) is 0.189. The van der Waals surface area contributed by atoms with Crippen molar-refractivity contribution < 1.29 is 23.5 Å². The molecule has 1 aliphatic rings. The van der Waals surface area contributed by atoms with Crippen LogP contribution in [-0.2, 0) is 14.3 Å². The second-order valence-corrected chi connectivity index (χ2v) is 10.9. The van der Waals surface area contributed by atoms with Crippen LogP contribution in [0.5, 0.6) is 0 Å². The number of nitrogens with zero attached hydrogens (tertiary/aromatic N) is 2. The van der Waals surface area contributed by atoms with Crippen LogP contribution in [0.3, 0.4) is 0 Å². The van der Waals surface area contributed by atoms with Gasteiger partial charge in [-0.1, -0.05) is 65.9 Å². The van der Waals surface area contributed by atoms with Gasteiger partial charge in [0.1, 0.15) is 11.5 Å². The van der Waals surface area contributed by atoms with E-state index in [0.717, 1.165) is 21.9 Å². The Morgan fingerprint density at radius 2 is 1.65 bits per heavy atom. The molecule has 0 spiro atoms. The SMILES string of the molecule is CCOC(=O)C1=C(C)N=c2s/c(=C\c3ccc(-c4ccc(C(=O)OCC)cc4)o3)c(=O)n2[C@@H]1c1cccc2ccccc12. The molecule has 0 radical (unpaired) electrons. The maximum Gasteiger partial charge on any atom is 0.338 e. The summed E-state index contributed by atoms with van der Waals surface area (Å²) in [7, 11) is 0.